The summed E-state index contributed by atoms with van der Waals surface area (Å²) in [7, 11) is 0. The standard InChI is InChI=1S/C13H18ClN3O2/c1-3-8-5-10(14)6-9(4-2)12(8)19-11(18)7-17-13(15)16/h5-6H,3-4,7H2,1-2H3,(H4,15,16,17). The second-order valence-electron chi connectivity index (χ2n) is 4.00. The van der Waals surface area contributed by atoms with Gasteiger partial charge in [0.15, 0.2) is 5.96 Å². The van der Waals surface area contributed by atoms with Crippen LogP contribution in [0.4, 0.5) is 0 Å². The van der Waals surface area contributed by atoms with Crippen molar-refractivity contribution in [3.05, 3.63) is 28.3 Å². The topological polar surface area (TPSA) is 88.2 Å². The number of hydrogen-bond donors (Lipinski definition) is 3. The highest BCUT2D eigenvalue weighted by Crippen LogP contribution is 2.29. The van der Waals surface area contributed by atoms with Gasteiger partial charge >= 0.3 is 5.97 Å². The lowest BCUT2D eigenvalue weighted by Gasteiger charge is -2.14. The number of nitrogens with one attached hydrogen (secondary N) is 2. The molecule has 0 saturated carbocycles. The molecule has 0 saturated heterocycles. The van der Waals surface area contributed by atoms with Crippen LogP contribution in [-0.2, 0) is 17.6 Å². The van der Waals surface area contributed by atoms with Crippen molar-refractivity contribution in [1.29, 1.82) is 5.41 Å². The van der Waals surface area contributed by atoms with Gasteiger partial charge in [0, 0.05) is 5.02 Å². The van der Waals surface area contributed by atoms with Gasteiger partial charge in [0.1, 0.15) is 12.3 Å². The van der Waals surface area contributed by atoms with Gasteiger partial charge in [-0.2, -0.15) is 0 Å². The number of esters is 1. The number of benzene rings is 1. The Bertz CT molecular complexity index is 464. The Morgan fingerprint density at radius 3 is 2.32 bits per heavy atom. The Labute approximate surface area is 117 Å². The number of aryl methyl sites for hydroxylation is 2. The lowest BCUT2D eigenvalue weighted by Crippen LogP contribution is -2.36. The molecule has 0 atom stereocenters. The molecule has 1 aromatic carbocycles. The van der Waals surface area contributed by atoms with Crippen molar-refractivity contribution >= 4 is 23.5 Å². The van der Waals surface area contributed by atoms with E-state index in [1.807, 2.05) is 13.8 Å². The minimum Gasteiger partial charge on any atom is -0.425 e. The molecule has 0 bridgehead atoms. The first kappa shape index (κ1) is 15.3. The molecule has 5 nitrogen and oxygen atoms in total. The molecule has 4 N–H and O–H groups in total. The highest BCUT2D eigenvalue weighted by Gasteiger charge is 2.14. The van der Waals surface area contributed by atoms with Gasteiger partial charge < -0.3 is 15.8 Å². The third-order valence-corrected chi connectivity index (χ3v) is 2.83. The van der Waals surface area contributed by atoms with E-state index in [4.69, 9.17) is 27.5 Å². The van der Waals surface area contributed by atoms with E-state index in [1.165, 1.54) is 0 Å². The van der Waals surface area contributed by atoms with Gasteiger partial charge in [0.05, 0.1) is 0 Å². The lowest BCUT2D eigenvalue weighted by molar-refractivity contribution is -0.133. The SMILES string of the molecule is CCc1cc(Cl)cc(CC)c1OC(=O)CNC(=N)N. The third-order valence-electron chi connectivity index (χ3n) is 2.61. The Hall–Kier alpha value is -1.75. The summed E-state index contributed by atoms with van der Waals surface area (Å²) < 4.78 is 5.35. The number of guanidine groups is 1. The summed E-state index contributed by atoms with van der Waals surface area (Å²) in [6, 6.07) is 3.59. The smallest absolute Gasteiger partial charge is 0.330 e. The van der Waals surface area contributed by atoms with Crippen LogP contribution in [-0.4, -0.2) is 18.5 Å². The van der Waals surface area contributed by atoms with Gasteiger partial charge in [-0.25, -0.2) is 4.79 Å². The van der Waals surface area contributed by atoms with E-state index in [9.17, 15) is 4.79 Å². The summed E-state index contributed by atoms with van der Waals surface area (Å²) in [6.07, 6.45) is 1.44. The second-order valence-corrected chi connectivity index (χ2v) is 4.44. The Balaban J connectivity index is 2.92. The molecule has 0 unspecified atom stereocenters. The number of ether oxygens (including phenoxy) is 1. The van der Waals surface area contributed by atoms with E-state index in [-0.39, 0.29) is 12.5 Å². The maximum Gasteiger partial charge on any atom is 0.330 e. The maximum absolute atomic E-state index is 11.7. The molecular formula is C13H18ClN3O2. The molecule has 0 aliphatic rings. The van der Waals surface area contributed by atoms with Crippen molar-refractivity contribution in [2.45, 2.75) is 26.7 Å². The van der Waals surface area contributed by atoms with E-state index in [1.54, 1.807) is 12.1 Å². The maximum atomic E-state index is 11.7. The first-order valence-corrected chi connectivity index (χ1v) is 6.45. The van der Waals surface area contributed by atoms with E-state index in [2.05, 4.69) is 5.32 Å². The minimum absolute atomic E-state index is 0.135. The molecule has 0 heterocycles. The molecule has 1 rings (SSSR count). The van der Waals surface area contributed by atoms with Gasteiger partial charge in [-0.15, -0.1) is 0 Å². The van der Waals surface area contributed by atoms with Gasteiger partial charge in [0.2, 0.25) is 0 Å². The molecular weight excluding hydrogens is 266 g/mol. The normalized spacial score (nSPS) is 10.1. The van der Waals surface area contributed by atoms with Crippen LogP contribution in [0.15, 0.2) is 12.1 Å². The van der Waals surface area contributed by atoms with Crippen LogP contribution >= 0.6 is 11.6 Å². The largest absolute Gasteiger partial charge is 0.425 e. The number of halogens is 1. The molecule has 0 aliphatic heterocycles. The summed E-state index contributed by atoms with van der Waals surface area (Å²) in [5.41, 5.74) is 6.89. The molecule has 6 heteroatoms. The first-order chi connectivity index (χ1) is 8.97. The zero-order chi connectivity index (χ0) is 14.4. The average molecular weight is 284 g/mol. The quantitative estimate of drug-likeness (QED) is 0.333. The Morgan fingerprint density at radius 2 is 1.89 bits per heavy atom. The molecule has 19 heavy (non-hydrogen) atoms. The van der Waals surface area contributed by atoms with Crippen LogP contribution < -0.4 is 15.8 Å². The number of rotatable bonds is 5. The highest BCUT2D eigenvalue weighted by molar-refractivity contribution is 6.30. The molecule has 0 radical (unpaired) electrons. The van der Waals surface area contributed by atoms with Crippen LogP contribution in [0.2, 0.25) is 5.02 Å². The first-order valence-electron chi connectivity index (χ1n) is 6.07. The third kappa shape index (κ3) is 4.44. The van der Waals surface area contributed by atoms with Crippen LogP contribution in [0.25, 0.3) is 0 Å². The predicted molar refractivity (Wildman–Crippen MR) is 75.8 cm³/mol. The summed E-state index contributed by atoms with van der Waals surface area (Å²) in [4.78, 5) is 11.7. The number of nitrogens with two attached hydrogens (primary N) is 1. The summed E-state index contributed by atoms with van der Waals surface area (Å²) in [5.74, 6) is -0.189. The fourth-order valence-electron chi connectivity index (χ4n) is 1.69. The Morgan fingerprint density at radius 1 is 1.37 bits per heavy atom. The Kier molecular flexibility index (Phi) is 5.63. The number of carbonyl (C=O) groups excluding carboxylic acids is 1. The zero-order valence-corrected chi connectivity index (χ0v) is 11.8. The van der Waals surface area contributed by atoms with Gasteiger partial charge in [-0.1, -0.05) is 25.4 Å². The van der Waals surface area contributed by atoms with E-state index in [0.29, 0.717) is 10.8 Å². The minimum atomic E-state index is -0.484. The number of carbonyl (C=O) groups is 1. The zero-order valence-electron chi connectivity index (χ0n) is 11.0. The molecule has 104 valence electrons. The number of hydrogen-bond acceptors (Lipinski definition) is 3. The fourth-order valence-corrected chi connectivity index (χ4v) is 1.95. The van der Waals surface area contributed by atoms with Gasteiger partial charge in [-0.3, -0.25) is 5.41 Å². The van der Waals surface area contributed by atoms with E-state index >= 15 is 0 Å². The molecule has 0 amide bonds. The molecule has 0 aromatic heterocycles. The van der Waals surface area contributed by atoms with E-state index in [0.717, 1.165) is 24.0 Å². The van der Waals surface area contributed by atoms with Crippen LogP contribution in [0.5, 0.6) is 5.75 Å². The molecule has 0 fully saturated rings. The monoisotopic (exact) mass is 283 g/mol. The lowest BCUT2D eigenvalue weighted by atomic mass is 10.0. The van der Waals surface area contributed by atoms with Crippen molar-refractivity contribution in [2.75, 3.05) is 6.54 Å². The molecule has 0 spiro atoms. The predicted octanol–water partition coefficient (Wildman–Crippen LogP) is 1.85. The van der Waals surface area contributed by atoms with Crippen LogP contribution in [0.3, 0.4) is 0 Å². The van der Waals surface area contributed by atoms with Gasteiger partial charge in [-0.05, 0) is 36.1 Å². The van der Waals surface area contributed by atoms with Crippen molar-refractivity contribution in [2.24, 2.45) is 5.73 Å². The molecule has 1 aromatic rings. The highest BCUT2D eigenvalue weighted by atomic mass is 35.5. The van der Waals surface area contributed by atoms with Gasteiger partial charge in [0.25, 0.3) is 0 Å². The van der Waals surface area contributed by atoms with Crippen molar-refractivity contribution < 1.29 is 9.53 Å². The van der Waals surface area contributed by atoms with Crippen molar-refractivity contribution in [3.8, 4) is 5.75 Å². The molecule has 0 aliphatic carbocycles. The second kappa shape index (κ2) is 6.99. The summed E-state index contributed by atoms with van der Waals surface area (Å²) in [5, 5.41) is 10.0. The average Bonchev–Trinajstić information content (AvgIpc) is 2.37. The van der Waals surface area contributed by atoms with Crippen molar-refractivity contribution in [3.63, 3.8) is 0 Å². The van der Waals surface area contributed by atoms with Crippen LogP contribution in [0, 0.1) is 5.41 Å². The fraction of sp³-hybridized carbons (Fsp3) is 0.385. The van der Waals surface area contributed by atoms with Crippen LogP contribution in [0.1, 0.15) is 25.0 Å². The van der Waals surface area contributed by atoms with Crippen molar-refractivity contribution in [1.82, 2.24) is 5.32 Å². The van der Waals surface area contributed by atoms with E-state index < -0.39 is 5.97 Å². The summed E-state index contributed by atoms with van der Waals surface area (Å²) >= 11 is 6.02. The summed E-state index contributed by atoms with van der Waals surface area (Å²) in [6.45, 7) is 3.80.